The lowest BCUT2D eigenvalue weighted by Crippen LogP contribution is -2.12. The van der Waals surface area contributed by atoms with Crippen LogP contribution in [0, 0.1) is 0 Å². The first-order valence-corrected chi connectivity index (χ1v) is 16.4. The van der Waals surface area contributed by atoms with E-state index in [0.717, 1.165) is 55.5 Å². The standard InChI is InChI=1S/C46H29NO/c1-2-14-32-28-34(26-24-30(32)12-1)47(44-29-33-15-4-5-16-35(33)37-18-7-8-19-38(37)44)43-23-10-9-20-39(43)40-21-11-22-41-42-27-25-31-13-3-6-17-36(31)45(42)48-46(40)41/h1-29H. The molecule has 9 aromatic carbocycles. The SMILES string of the molecule is c1ccc(N(c2ccc3ccccc3c2)c2cc3ccccc3c3ccccc23)c(-c2cccc3c2oc2c4ccccc4ccc32)c1. The molecule has 0 bridgehead atoms. The molecule has 2 heteroatoms. The summed E-state index contributed by atoms with van der Waals surface area (Å²) in [4.78, 5) is 2.44. The van der Waals surface area contributed by atoms with Gasteiger partial charge in [-0.15, -0.1) is 0 Å². The van der Waals surface area contributed by atoms with E-state index in [-0.39, 0.29) is 0 Å². The highest BCUT2D eigenvalue weighted by molar-refractivity contribution is 6.19. The molecule has 48 heavy (non-hydrogen) atoms. The van der Waals surface area contributed by atoms with E-state index in [9.17, 15) is 0 Å². The summed E-state index contributed by atoms with van der Waals surface area (Å²) in [6, 6.07) is 63.3. The van der Waals surface area contributed by atoms with Gasteiger partial charge in [-0.2, -0.15) is 0 Å². The molecule has 0 saturated heterocycles. The zero-order valence-electron chi connectivity index (χ0n) is 26.1. The Morgan fingerprint density at radius 2 is 0.917 bits per heavy atom. The van der Waals surface area contributed by atoms with Crippen LogP contribution in [0.5, 0.6) is 0 Å². The smallest absolute Gasteiger partial charge is 0.143 e. The summed E-state index contributed by atoms with van der Waals surface area (Å²) in [6.45, 7) is 0. The first-order valence-electron chi connectivity index (χ1n) is 16.4. The van der Waals surface area contributed by atoms with Gasteiger partial charge in [0.25, 0.3) is 0 Å². The van der Waals surface area contributed by atoms with E-state index in [0.29, 0.717) is 0 Å². The lowest BCUT2D eigenvalue weighted by atomic mass is 9.96. The molecule has 0 fully saturated rings. The van der Waals surface area contributed by atoms with Gasteiger partial charge >= 0.3 is 0 Å². The molecule has 0 aliphatic rings. The maximum Gasteiger partial charge on any atom is 0.143 e. The van der Waals surface area contributed by atoms with Gasteiger partial charge in [-0.25, -0.2) is 0 Å². The molecule has 0 radical (unpaired) electrons. The molecule has 1 heterocycles. The molecule has 0 aliphatic heterocycles. The number of fused-ring (bicyclic) bond motifs is 9. The van der Waals surface area contributed by atoms with Gasteiger partial charge in [0.15, 0.2) is 0 Å². The number of hydrogen-bond donors (Lipinski definition) is 0. The van der Waals surface area contributed by atoms with Crippen LogP contribution in [-0.2, 0) is 0 Å². The van der Waals surface area contributed by atoms with Gasteiger partial charge in [-0.1, -0.05) is 146 Å². The van der Waals surface area contributed by atoms with Gasteiger partial charge in [0.2, 0.25) is 0 Å². The Bertz CT molecular complexity index is 2860. The third kappa shape index (κ3) is 4.06. The van der Waals surface area contributed by atoms with E-state index >= 15 is 0 Å². The predicted octanol–water partition coefficient (Wildman–Crippen LogP) is 13.3. The van der Waals surface area contributed by atoms with E-state index in [1.165, 1.54) is 37.7 Å². The van der Waals surface area contributed by atoms with Crippen LogP contribution in [0.4, 0.5) is 17.1 Å². The van der Waals surface area contributed by atoms with Crippen molar-refractivity contribution in [3.05, 3.63) is 176 Å². The highest BCUT2D eigenvalue weighted by Gasteiger charge is 2.23. The molecule has 0 aliphatic carbocycles. The van der Waals surface area contributed by atoms with Gasteiger partial charge in [-0.3, -0.25) is 0 Å². The van der Waals surface area contributed by atoms with Gasteiger partial charge in [-0.05, 0) is 62.6 Å². The van der Waals surface area contributed by atoms with Crippen molar-refractivity contribution in [2.24, 2.45) is 0 Å². The van der Waals surface area contributed by atoms with Crippen molar-refractivity contribution in [2.75, 3.05) is 4.90 Å². The molecular weight excluding hydrogens is 583 g/mol. The third-order valence-electron chi connectivity index (χ3n) is 9.80. The molecule has 0 amide bonds. The number of nitrogens with zero attached hydrogens (tertiary/aromatic N) is 1. The second-order valence-corrected chi connectivity index (χ2v) is 12.5. The van der Waals surface area contributed by atoms with Gasteiger partial charge < -0.3 is 9.32 Å². The van der Waals surface area contributed by atoms with Crippen LogP contribution in [-0.4, -0.2) is 0 Å². The van der Waals surface area contributed by atoms with E-state index in [4.69, 9.17) is 4.42 Å². The van der Waals surface area contributed by atoms with Crippen LogP contribution < -0.4 is 4.90 Å². The monoisotopic (exact) mass is 611 g/mol. The average Bonchev–Trinajstić information content (AvgIpc) is 3.55. The van der Waals surface area contributed by atoms with Crippen molar-refractivity contribution in [1.29, 1.82) is 0 Å². The summed E-state index contributed by atoms with van der Waals surface area (Å²) in [6.07, 6.45) is 0. The number of para-hydroxylation sites is 2. The Balaban J connectivity index is 1.29. The van der Waals surface area contributed by atoms with E-state index in [1.807, 2.05) is 0 Å². The van der Waals surface area contributed by atoms with Gasteiger partial charge in [0.05, 0.1) is 11.4 Å². The summed E-state index contributed by atoms with van der Waals surface area (Å²) < 4.78 is 6.86. The Hall–Kier alpha value is -6.38. The first kappa shape index (κ1) is 26.8. The number of rotatable bonds is 4. The zero-order chi connectivity index (χ0) is 31.6. The Morgan fingerprint density at radius 3 is 1.79 bits per heavy atom. The third-order valence-corrected chi connectivity index (χ3v) is 9.80. The van der Waals surface area contributed by atoms with Crippen molar-refractivity contribution >= 4 is 82.1 Å². The maximum atomic E-state index is 6.86. The van der Waals surface area contributed by atoms with Crippen molar-refractivity contribution in [3.63, 3.8) is 0 Å². The minimum Gasteiger partial charge on any atom is -0.455 e. The van der Waals surface area contributed by atoms with Crippen LogP contribution >= 0.6 is 0 Å². The summed E-state index contributed by atoms with van der Waals surface area (Å²) in [7, 11) is 0. The molecule has 0 saturated carbocycles. The van der Waals surface area contributed by atoms with Crippen LogP contribution in [0.3, 0.4) is 0 Å². The Labute approximate surface area is 277 Å². The fourth-order valence-corrected chi connectivity index (χ4v) is 7.58. The van der Waals surface area contributed by atoms with Crippen molar-refractivity contribution < 1.29 is 4.42 Å². The number of hydrogen-bond acceptors (Lipinski definition) is 2. The summed E-state index contributed by atoms with van der Waals surface area (Å²) >= 11 is 0. The highest BCUT2D eigenvalue weighted by atomic mass is 16.3. The molecule has 1 aromatic heterocycles. The van der Waals surface area contributed by atoms with Gasteiger partial charge in [0.1, 0.15) is 11.2 Å². The maximum absolute atomic E-state index is 6.86. The topological polar surface area (TPSA) is 16.4 Å². The summed E-state index contributed by atoms with van der Waals surface area (Å²) in [5.41, 5.74) is 7.33. The molecule has 10 rings (SSSR count). The second-order valence-electron chi connectivity index (χ2n) is 12.5. The minimum atomic E-state index is 0.901. The zero-order valence-corrected chi connectivity index (χ0v) is 26.1. The fourth-order valence-electron chi connectivity index (χ4n) is 7.58. The lowest BCUT2D eigenvalue weighted by molar-refractivity contribution is 0.674. The Kier molecular flexibility index (Phi) is 5.91. The predicted molar refractivity (Wildman–Crippen MR) is 204 cm³/mol. The van der Waals surface area contributed by atoms with Crippen LogP contribution in [0.1, 0.15) is 0 Å². The quantitative estimate of drug-likeness (QED) is 0.184. The van der Waals surface area contributed by atoms with Crippen molar-refractivity contribution in [2.45, 2.75) is 0 Å². The molecule has 224 valence electrons. The second kappa shape index (κ2) is 10.6. The number of furan rings is 1. The number of benzene rings is 9. The highest BCUT2D eigenvalue weighted by Crippen LogP contribution is 2.47. The molecule has 2 nitrogen and oxygen atoms in total. The van der Waals surface area contributed by atoms with Crippen LogP contribution in [0.25, 0.3) is 76.2 Å². The van der Waals surface area contributed by atoms with Gasteiger partial charge in [0, 0.05) is 38.4 Å². The van der Waals surface area contributed by atoms with Crippen LogP contribution in [0.2, 0.25) is 0 Å². The lowest BCUT2D eigenvalue weighted by Gasteiger charge is -2.30. The summed E-state index contributed by atoms with van der Waals surface area (Å²) in [5, 5.41) is 11.9. The van der Waals surface area contributed by atoms with Crippen molar-refractivity contribution in [1.82, 2.24) is 0 Å². The van der Waals surface area contributed by atoms with E-state index < -0.39 is 0 Å². The average molecular weight is 612 g/mol. The van der Waals surface area contributed by atoms with Crippen LogP contribution in [0.15, 0.2) is 180 Å². The molecule has 0 atom stereocenters. The molecule has 0 spiro atoms. The number of anilines is 3. The van der Waals surface area contributed by atoms with E-state index in [2.05, 4.69) is 181 Å². The van der Waals surface area contributed by atoms with Crippen molar-refractivity contribution in [3.8, 4) is 11.1 Å². The fraction of sp³-hybridized carbons (Fsp3) is 0. The largest absolute Gasteiger partial charge is 0.455 e. The normalized spacial score (nSPS) is 11.8. The minimum absolute atomic E-state index is 0.901. The molecular formula is C46H29NO. The Morgan fingerprint density at radius 1 is 0.312 bits per heavy atom. The molecule has 10 aromatic rings. The first-order chi connectivity index (χ1) is 23.8. The summed E-state index contributed by atoms with van der Waals surface area (Å²) in [5.74, 6) is 0. The molecule has 0 N–H and O–H groups in total. The molecule has 0 unspecified atom stereocenters. The van der Waals surface area contributed by atoms with E-state index in [1.54, 1.807) is 0 Å².